The molecule has 1 aliphatic heterocycles. The Kier molecular flexibility index (Phi) is 2.41. The van der Waals surface area contributed by atoms with Crippen molar-refractivity contribution in [3.8, 4) is 5.75 Å². The minimum absolute atomic E-state index is 0.188. The van der Waals surface area contributed by atoms with Gasteiger partial charge in [-0.3, -0.25) is 0 Å². The predicted octanol–water partition coefficient (Wildman–Crippen LogP) is 3.06. The van der Waals surface area contributed by atoms with Crippen LogP contribution in [0.25, 0.3) is 0 Å². The Morgan fingerprint density at radius 1 is 1.22 bits per heavy atom. The fraction of sp³-hybridized carbons (Fsp3) is 0.625. The van der Waals surface area contributed by atoms with E-state index < -0.39 is 0 Å². The van der Waals surface area contributed by atoms with Gasteiger partial charge in [-0.1, -0.05) is 24.6 Å². The first-order chi connectivity index (χ1) is 8.83. The Balaban J connectivity index is 1.65. The maximum Gasteiger partial charge on any atom is 0.127 e. The highest BCUT2D eigenvalue weighted by atomic mass is 16.5. The van der Waals surface area contributed by atoms with Crippen LogP contribution in [0.1, 0.15) is 42.9 Å². The Hall–Kier alpha value is -1.02. The molecule has 2 fully saturated rings. The van der Waals surface area contributed by atoms with Crippen molar-refractivity contribution in [1.29, 1.82) is 0 Å². The van der Waals surface area contributed by atoms with Crippen LogP contribution in [0.5, 0.6) is 5.75 Å². The SMILES string of the molecule is NC(c1cccc2c1OCC2)C1CC2CCC1C2. The van der Waals surface area contributed by atoms with E-state index in [0.717, 1.165) is 30.6 Å². The molecule has 18 heavy (non-hydrogen) atoms. The van der Waals surface area contributed by atoms with E-state index in [1.807, 2.05) is 0 Å². The van der Waals surface area contributed by atoms with Crippen molar-refractivity contribution in [2.24, 2.45) is 23.5 Å². The summed E-state index contributed by atoms with van der Waals surface area (Å²) in [6.45, 7) is 0.829. The smallest absolute Gasteiger partial charge is 0.127 e. The standard InChI is InChI=1S/C16H21NO/c17-15(14-9-10-4-5-12(14)8-10)13-3-1-2-11-6-7-18-16(11)13/h1-3,10,12,14-15H,4-9,17H2. The van der Waals surface area contributed by atoms with E-state index >= 15 is 0 Å². The Bertz CT molecular complexity index is 470. The second kappa shape index (κ2) is 3.99. The summed E-state index contributed by atoms with van der Waals surface area (Å²) in [6, 6.07) is 6.70. The van der Waals surface area contributed by atoms with Gasteiger partial charge in [0.1, 0.15) is 5.75 Å². The summed E-state index contributed by atoms with van der Waals surface area (Å²) in [6.07, 6.45) is 6.66. The third-order valence-corrected chi connectivity index (χ3v) is 5.36. The van der Waals surface area contributed by atoms with Crippen molar-refractivity contribution in [3.63, 3.8) is 0 Å². The number of benzene rings is 1. The van der Waals surface area contributed by atoms with E-state index in [4.69, 9.17) is 10.5 Å². The number of hydrogen-bond donors (Lipinski definition) is 1. The molecule has 2 heteroatoms. The van der Waals surface area contributed by atoms with Crippen molar-refractivity contribution >= 4 is 0 Å². The zero-order valence-electron chi connectivity index (χ0n) is 10.8. The minimum Gasteiger partial charge on any atom is -0.493 e. The Morgan fingerprint density at radius 3 is 2.94 bits per heavy atom. The fourth-order valence-corrected chi connectivity index (χ4v) is 4.47. The van der Waals surface area contributed by atoms with Crippen LogP contribution in [0.4, 0.5) is 0 Å². The number of ether oxygens (including phenoxy) is 1. The molecule has 4 unspecified atom stereocenters. The van der Waals surface area contributed by atoms with Crippen molar-refractivity contribution in [1.82, 2.24) is 0 Å². The molecule has 1 aromatic carbocycles. The first-order valence-electron chi connectivity index (χ1n) is 7.33. The van der Waals surface area contributed by atoms with Gasteiger partial charge in [-0.2, -0.15) is 0 Å². The average Bonchev–Trinajstić information content (AvgIpc) is 3.12. The van der Waals surface area contributed by atoms with Gasteiger partial charge in [0.25, 0.3) is 0 Å². The molecule has 0 spiro atoms. The van der Waals surface area contributed by atoms with Gasteiger partial charge in [-0.15, -0.1) is 0 Å². The van der Waals surface area contributed by atoms with Gasteiger partial charge >= 0.3 is 0 Å². The summed E-state index contributed by atoms with van der Waals surface area (Å²) < 4.78 is 5.81. The molecule has 2 bridgehead atoms. The summed E-state index contributed by atoms with van der Waals surface area (Å²) >= 11 is 0. The summed E-state index contributed by atoms with van der Waals surface area (Å²) in [4.78, 5) is 0. The van der Waals surface area contributed by atoms with E-state index in [0.29, 0.717) is 5.92 Å². The van der Waals surface area contributed by atoms with Crippen molar-refractivity contribution in [2.45, 2.75) is 38.1 Å². The predicted molar refractivity (Wildman–Crippen MR) is 71.5 cm³/mol. The summed E-state index contributed by atoms with van der Waals surface area (Å²) in [5.74, 6) is 3.64. The third-order valence-electron chi connectivity index (χ3n) is 5.36. The van der Waals surface area contributed by atoms with E-state index in [-0.39, 0.29) is 6.04 Å². The second-order valence-corrected chi connectivity index (χ2v) is 6.30. The van der Waals surface area contributed by atoms with Crippen LogP contribution in [-0.4, -0.2) is 6.61 Å². The molecular weight excluding hydrogens is 222 g/mol. The second-order valence-electron chi connectivity index (χ2n) is 6.30. The Morgan fingerprint density at radius 2 is 2.17 bits per heavy atom. The maximum atomic E-state index is 6.58. The van der Waals surface area contributed by atoms with Gasteiger partial charge in [0.05, 0.1) is 6.61 Å². The van der Waals surface area contributed by atoms with Crippen molar-refractivity contribution < 1.29 is 4.74 Å². The van der Waals surface area contributed by atoms with Gasteiger partial charge < -0.3 is 10.5 Å². The van der Waals surface area contributed by atoms with E-state index in [1.54, 1.807) is 0 Å². The van der Waals surface area contributed by atoms with Crippen LogP contribution in [0.15, 0.2) is 18.2 Å². The molecule has 0 aromatic heterocycles. The van der Waals surface area contributed by atoms with Crippen LogP contribution < -0.4 is 10.5 Å². The van der Waals surface area contributed by atoms with Gasteiger partial charge in [0.2, 0.25) is 0 Å². The first kappa shape index (κ1) is 10.9. The van der Waals surface area contributed by atoms with Crippen LogP contribution in [0.2, 0.25) is 0 Å². The molecule has 0 radical (unpaired) electrons. The number of nitrogens with two attached hydrogens (primary N) is 1. The molecule has 0 amide bonds. The molecule has 4 rings (SSSR count). The molecule has 1 heterocycles. The molecule has 0 saturated heterocycles. The molecular formula is C16H21NO. The number of rotatable bonds is 2. The quantitative estimate of drug-likeness (QED) is 0.866. The highest BCUT2D eigenvalue weighted by molar-refractivity contribution is 5.45. The van der Waals surface area contributed by atoms with E-state index in [2.05, 4.69) is 18.2 Å². The zero-order chi connectivity index (χ0) is 12.1. The van der Waals surface area contributed by atoms with Gasteiger partial charge in [0, 0.05) is 18.0 Å². The molecule has 1 aromatic rings. The normalized spacial score (nSPS) is 34.4. The summed E-state index contributed by atoms with van der Waals surface area (Å²) in [5, 5.41) is 0. The van der Waals surface area contributed by atoms with Crippen LogP contribution in [-0.2, 0) is 6.42 Å². The zero-order valence-corrected chi connectivity index (χ0v) is 10.8. The molecule has 2 saturated carbocycles. The lowest BCUT2D eigenvalue weighted by Crippen LogP contribution is -2.26. The van der Waals surface area contributed by atoms with Gasteiger partial charge in [-0.25, -0.2) is 0 Å². The first-order valence-corrected chi connectivity index (χ1v) is 7.33. The van der Waals surface area contributed by atoms with Crippen LogP contribution >= 0.6 is 0 Å². The lowest BCUT2D eigenvalue weighted by atomic mass is 9.80. The largest absolute Gasteiger partial charge is 0.493 e. The molecule has 96 valence electrons. The molecule has 2 N–H and O–H groups in total. The molecule has 2 aliphatic carbocycles. The van der Waals surface area contributed by atoms with Gasteiger partial charge in [-0.05, 0) is 42.6 Å². The molecule has 4 atom stereocenters. The highest BCUT2D eigenvalue weighted by Gasteiger charge is 2.43. The maximum absolute atomic E-state index is 6.58. The molecule has 3 aliphatic rings. The van der Waals surface area contributed by atoms with Gasteiger partial charge in [0.15, 0.2) is 0 Å². The molecule has 2 nitrogen and oxygen atoms in total. The highest BCUT2D eigenvalue weighted by Crippen LogP contribution is 2.53. The van der Waals surface area contributed by atoms with E-state index in [1.165, 1.54) is 36.8 Å². The van der Waals surface area contributed by atoms with Crippen LogP contribution in [0, 0.1) is 17.8 Å². The minimum atomic E-state index is 0.188. The summed E-state index contributed by atoms with van der Waals surface area (Å²) in [5.41, 5.74) is 9.20. The lowest BCUT2D eigenvalue weighted by molar-refractivity contribution is 0.276. The number of hydrogen-bond acceptors (Lipinski definition) is 2. The number of fused-ring (bicyclic) bond motifs is 3. The summed E-state index contributed by atoms with van der Waals surface area (Å²) in [7, 11) is 0. The lowest BCUT2D eigenvalue weighted by Gasteiger charge is -2.28. The average molecular weight is 243 g/mol. The Labute approximate surface area is 109 Å². The topological polar surface area (TPSA) is 35.2 Å². The fourth-order valence-electron chi connectivity index (χ4n) is 4.47. The van der Waals surface area contributed by atoms with Crippen LogP contribution in [0.3, 0.4) is 0 Å². The third kappa shape index (κ3) is 1.51. The van der Waals surface area contributed by atoms with E-state index in [9.17, 15) is 0 Å². The monoisotopic (exact) mass is 243 g/mol. The van der Waals surface area contributed by atoms with Crippen molar-refractivity contribution in [3.05, 3.63) is 29.3 Å². The number of para-hydroxylation sites is 1. The van der Waals surface area contributed by atoms with Crippen molar-refractivity contribution in [2.75, 3.05) is 6.61 Å².